The summed E-state index contributed by atoms with van der Waals surface area (Å²) in [7, 11) is 5.07. The van der Waals surface area contributed by atoms with E-state index in [1.807, 2.05) is 12.1 Å². The molecule has 0 spiro atoms. The van der Waals surface area contributed by atoms with Crippen LogP contribution in [0.2, 0.25) is 0 Å². The van der Waals surface area contributed by atoms with E-state index in [2.05, 4.69) is 18.3 Å². The zero-order valence-electron chi connectivity index (χ0n) is 12.4. The molecule has 1 aromatic rings. The molecule has 4 nitrogen and oxygen atoms in total. The van der Waals surface area contributed by atoms with E-state index in [0.29, 0.717) is 0 Å². The van der Waals surface area contributed by atoms with E-state index in [1.54, 1.807) is 21.3 Å². The minimum atomic E-state index is 0.255. The van der Waals surface area contributed by atoms with Crippen LogP contribution in [0.25, 0.3) is 0 Å². The minimum Gasteiger partial charge on any atom is -0.493 e. The molecular formula is C15H25NO3. The first-order valence-electron chi connectivity index (χ1n) is 6.71. The van der Waals surface area contributed by atoms with Gasteiger partial charge in [0.15, 0.2) is 11.5 Å². The molecule has 1 aromatic carbocycles. The van der Waals surface area contributed by atoms with Crippen molar-refractivity contribution in [3.05, 3.63) is 23.8 Å². The van der Waals surface area contributed by atoms with Crippen LogP contribution in [0.1, 0.15) is 31.4 Å². The monoisotopic (exact) mass is 267 g/mol. The minimum absolute atomic E-state index is 0.255. The molecule has 0 saturated heterocycles. The van der Waals surface area contributed by atoms with Crippen LogP contribution < -0.4 is 14.8 Å². The molecule has 0 radical (unpaired) electrons. The maximum absolute atomic E-state index is 5.50. The van der Waals surface area contributed by atoms with Crippen molar-refractivity contribution < 1.29 is 14.2 Å². The summed E-state index contributed by atoms with van der Waals surface area (Å²) in [6, 6.07) is 6.25. The zero-order valence-corrected chi connectivity index (χ0v) is 12.4. The highest BCUT2D eigenvalue weighted by atomic mass is 16.5. The highest BCUT2D eigenvalue weighted by molar-refractivity contribution is 5.48. The van der Waals surface area contributed by atoms with Crippen LogP contribution in [0.4, 0.5) is 0 Å². The van der Waals surface area contributed by atoms with Crippen molar-refractivity contribution in [2.45, 2.75) is 25.8 Å². The molecule has 19 heavy (non-hydrogen) atoms. The third-order valence-corrected chi connectivity index (χ3v) is 3.10. The first-order chi connectivity index (χ1) is 9.28. The Labute approximate surface area is 116 Å². The molecule has 1 unspecified atom stereocenters. The van der Waals surface area contributed by atoms with Gasteiger partial charge in [-0.2, -0.15) is 0 Å². The largest absolute Gasteiger partial charge is 0.493 e. The number of rotatable bonds is 9. The molecule has 4 heteroatoms. The predicted octanol–water partition coefficient (Wildman–Crippen LogP) is 2.78. The molecule has 0 aliphatic carbocycles. The lowest BCUT2D eigenvalue weighted by Crippen LogP contribution is -2.22. The van der Waals surface area contributed by atoms with Gasteiger partial charge < -0.3 is 19.5 Å². The van der Waals surface area contributed by atoms with Gasteiger partial charge in [0.1, 0.15) is 0 Å². The van der Waals surface area contributed by atoms with Crippen molar-refractivity contribution in [2.24, 2.45) is 0 Å². The van der Waals surface area contributed by atoms with Gasteiger partial charge in [0.05, 0.1) is 14.2 Å². The maximum Gasteiger partial charge on any atom is 0.165 e. The van der Waals surface area contributed by atoms with Crippen molar-refractivity contribution in [2.75, 3.05) is 34.5 Å². The number of methoxy groups -OCH3 is 3. The Hall–Kier alpha value is -1.26. The summed E-state index contributed by atoms with van der Waals surface area (Å²) < 4.78 is 16.0. The second kappa shape index (κ2) is 8.77. The fourth-order valence-electron chi connectivity index (χ4n) is 2.23. The van der Waals surface area contributed by atoms with Crippen LogP contribution in [0, 0.1) is 0 Å². The normalized spacial score (nSPS) is 12.2. The van der Waals surface area contributed by atoms with Gasteiger partial charge in [-0.15, -0.1) is 0 Å². The van der Waals surface area contributed by atoms with Crippen LogP contribution in [0.15, 0.2) is 18.2 Å². The fraction of sp³-hybridized carbons (Fsp3) is 0.600. The topological polar surface area (TPSA) is 39.7 Å². The van der Waals surface area contributed by atoms with Crippen LogP contribution >= 0.6 is 0 Å². The Balaban J connectivity index is 2.93. The third kappa shape index (κ3) is 4.40. The lowest BCUT2D eigenvalue weighted by Gasteiger charge is -2.22. The second-order valence-corrected chi connectivity index (χ2v) is 4.33. The number of ether oxygens (including phenoxy) is 3. The zero-order chi connectivity index (χ0) is 14.1. The van der Waals surface area contributed by atoms with Gasteiger partial charge in [0.2, 0.25) is 0 Å². The predicted molar refractivity (Wildman–Crippen MR) is 77.1 cm³/mol. The number of hydrogen-bond acceptors (Lipinski definition) is 4. The van der Waals surface area contributed by atoms with E-state index < -0.39 is 0 Å². The van der Waals surface area contributed by atoms with Crippen LogP contribution in [0.5, 0.6) is 11.5 Å². The maximum atomic E-state index is 5.50. The standard InChI is InChI=1S/C15H25NO3/c1-5-16-13(9-7-11-17-2)12-8-6-10-14(18-3)15(12)19-4/h6,8,10,13,16H,5,7,9,11H2,1-4H3. The molecule has 0 amide bonds. The van der Waals surface area contributed by atoms with Crippen LogP contribution in [0.3, 0.4) is 0 Å². The van der Waals surface area contributed by atoms with E-state index in [0.717, 1.165) is 43.1 Å². The SMILES string of the molecule is CCNC(CCCOC)c1cccc(OC)c1OC. The van der Waals surface area contributed by atoms with E-state index in [1.165, 1.54) is 0 Å². The summed E-state index contributed by atoms with van der Waals surface area (Å²) in [4.78, 5) is 0. The average molecular weight is 267 g/mol. The van der Waals surface area contributed by atoms with Gasteiger partial charge in [-0.05, 0) is 25.5 Å². The number of nitrogens with one attached hydrogen (secondary N) is 1. The van der Waals surface area contributed by atoms with Gasteiger partial charge in [0.25, 0.3) is 0 Å². The smallest absolute Gasteiger partial charge is 0.165 e. The van der Waals surface area contributed by atoms with Gasteiger partial charge in [-0.25, -0.2) is 0 Å². The van der Waals surface area contributed by atoms with Crippen molar-refractivity contribution in [3.63, 3.8) is 0 Å². The van der Waals surface area contributed by atoms with Gasteiger partial charge in [-0.3, -0.25) is 0 Å². The summed E-state index contributed by atoms with van der Waals surface area (Å²) in [6.45, 7) is 3.79. The summed E-state index contributed by atoms with van der Waals surface area (Å²) in [5, 5.41) is 3.49. The first-order valence-corrected chi connectivity index (χ1v) is 6.71. The fourth-order valence-corrected chi connectivity index (χ4v) is 2.23. The molecule has 0 aliphatic heterocycles. The van der Waals surface area contributed by atoms with Crippen molar-refractivity contribution in [1.82, 2.24) is 5.32 Å². The Morgan fingerprint density at radius 2 is 1.95 bits per heavy atom. The second-order valence-electron chi connectivity index (χ2n) is 4.33. The van der Waals surface area contributed by atoms with Crippen molar-refractivity contribution >= 4 is 0 Å². The average Bonchev–Trinajstić information content (AvgIpc) is 2.45. The molecule has 0 aliphatic rings. The van der Waals surface area contributed by atoms with Crippen LogP contribution in [-0.2, 0) is 4.74 Å². The quantitative estimate of drug-likeness (QED) is 0.698. The van der Waals surface area contributed by atoms with Crippen molar-refractivity contribution in [1.29, 1.82) is 0 Å². The van der Waals surface area contributed by atoms with Gasteiger partial charge >= 0.3 is 0 Å². The van der Waals surface area contributed by atoms with Gasteiger partial charge in [0, 0.05) is 25.3 Å². The Morgan fingerprint density at radius 3 is 2.53 bits per heavy atom. The Kier molecular flexibility index (Phi) is 7.30. The third-order valence-electron chi connectivity index (χ3n) is 3.10. The van der Waals surface area contributed by atoms with E-state index in [9.17, 15) is 0 Å². The number of hydrogen-bond donors (Lipinski definition) is 1. The molecule has 0 heterocycles. The molecule has 1 rings (SSSR count). The molecule has 0 saturated carbocycles. The van der Waals surface area contributed by atoms with Crippen molar-refractivity contribution in [3.8, 4) is 11.5 Å². The lowest BCUT2D eigenvalue weighted by molar-refractivity contribution is 0.188. The summed E-state index contributed by atoms with van der Waals surface area (Å²) >= 11 is 0. The highest BCUT2D eigenvalue weighted by Crippen LogP contribution is 2.36. The van der Waals surface area contributed by atoms with E-state index >= 15 is 0 Å². The number of para-hydroxylation sites is 1. The summed E-state index contributed by atoms with van der Waals surface area (Å²) in [6.07, 6.45) is 2.01. The molecule has 108 valence electrons. The summed E-state index contributed by atoms with van der Waals surface area (Å²) in [5.74, 6) is 1.59. The Morgan fingerprint density at radius 1 is 1.16 bits per heavy atom. The van der Waals surface area contributed by atoms with E-state index in [-0.39, 0.29) is 6.04 Å². The lowest BCUT2D eigenvalue weighted by atomic mass is 10.0. The molecular weight excluding hydrogens is 242 g/mol. The molecule has 0 fully saturated rings. The molecule has 1 N–H and O–H groups in total. The summed E-state index contributed by atoms with van der Waals surface area (Å²) in [5.41, 5.74) is 1.14. The van der Waals surface area contributed by atoms with Gasteiger partial charge in [-0.1, -0.05) is 19.1 Å². The highest BCUT2D eigenvalue weighted by Gasteiger charge is 2.17. The van der Waals surface area contributed by atoms with E-state index in [4.69, 9.17) is 14.2 Å². The molecule has 0 bridgehead atoms. The number of benzene rings is 1. The first kappa shape index (κ1) is 15.8. The van der Waals surface area contributed by atoms with Crippen LogP contribution in [-0.4, -0.2) is 34.5 Å². The molecule has 0 aromatic heterocycles. The molecule has 1 atom stereocenters. The Bertz CT molecular complexity index is 368.